The Morgan fingerprint density at radius 2 is 1.93 bits per heavy atom. The topological polar surface area (TPSA) is 73.2 Å². The Morgan fingerprint density at radius 3 is 2.59 bits per heavy atom. The number of halogens is 1. The second-order valence-electron chi connectivity index (χ2n) is 6.28. The molecule has 27 heavy (non-hydrogen) atoms. The van der Waals surface area contributed by atoms with Gasteiger partial charge in [0.2, 0.25) is 5.91 Å². The van der Waals surface area contributed by atoms with Crippen molar-refractivity contribution in [3.63, 3.8) is 0 Å². The van der Waals surface area contributed by atoms with Crippen LogP contribution in [0.1, 0.15) is 35.7 Å². The number of nitrogens with one attached hydrogen (secondary N) is 1. The molecule has 1 N–H and O–H groups in total. The summed E-state index contributed by atoms with van der Waals surface area (Å²) in [5, 5.41) is 12.2. The van der Waals surface area contributed by atoms with Crippen LogP contribution in [0, 0.1) is 11.3 Å². The number of carbonyl (C=O) groups excluding carboxylic acids is 2. The molecule has 2 rings (SSSR count). The number of hydrogen-bond donors (Lipinski definition) is 1. The van der Waals surface area contributed by atoms with E-state index in [-0.39, 0.29) is 24.2 Å². The lowest BCUT2D eigenvalue weighted by Gasteiger charge is -2.21. The summed E-state index contributed by atoms with van der Waals surface area (Å²) in [7, 11) is 1.64. The zero-order chi connectivity index (χ0) is 19.8. The van der Waals surface area contributed by atoms with Crippen LogP contribution >= 0.6 is 11.6 Å². The summed E-state index contributed by atoms with van der Waals surface area (Å²) in [4.78, 5) is 26.9. The average Bonchev–Trinajstić information content (AvgIpc) is 2.67. The monoisotopic (exact) mass is 383 g/mol. The number of amides is 1. The molecular formula is C21H22ClN3O2. The Hall–Kier alpha value is -2.68. The molecule has 5 nitrogen and oxygen atoms in total. The SMILES string of the molecule is CC(CC#N)NCCC(=O)N(C)c1ccc(Cl)cc1C(=O)c1ccccc1. The first-order valence-electron chi connectivity index (χ1n) is 8.70. The van der Waals surface area contributed by atoms with Crippen LogP contribution in [0.4, 0.5) is 5.69 Å². The fourth-order valence-electron chi connectivity index (χ4n) is 2.66. The van der Waals surface area contributed by atoms with Crippen LogP contribution in [0.5, 0.6) is 0 Å². The van der Waals surface area contributed by atoms with Gasteiger partial charge in [-0.1, -0.05) is 41.9 Å². The Kier molecular flexibility index (Phi) is 7.54. The fraction of sp³-hybridized carbons (Fsp3) is 0.286. The molecule has 0 radical (unpaired) electrons. The Labute approximate surface area is 164 Å². The molecule has 0 aliphatic rings. The van der Waals surface area contributed by atoms with Crippen molar-refractivity contribution in [2.24, 2.45) is 0 Å². The summed E-state index contributed by atoms with van der Waals surface area (Å²) < 4.78 is 0. The quantitative estimate of drug-likeness (QED) is 0.703. The highest BCUT2D eigenvalue weighted by molar-refractivity contribution is 6.31. The summed E-state index contributed by atoms with van der Waals surface area (Å²) in [6.07, 6.45) is 0.644. The minimum absolute atomic E-state index is 0.0267. The molecule has 140 valence electrons. The zero-order valence-electron chi connectivity index (χ0n) is 15.4. The number of anilines is 1. The molecule has 0 fully saturated rings. The van der Waals surface area contributed by atoms with Crippen LogP contribution < -0.4 is 10.2 Å². The molecule has 6 heteroatoms. The van der Waals surface area contributed by atoms with E-state index in [9.17, 15) is 9.59 Å². The molecule has 0 aliphatic heterocycles. The van der Waals surface area contributed by atoms with Crippen LogP contribution in [-0.4, -0.2) is 31.3 Å². The highest BCUT2D eigenvalue weighted by Gasteiger charge is 2.20. The van der Waals surface area contributed by atoms with Gasteiger partial charge in [-0.15, -0.1) is 0 Å². The van der Waals surface area contributed by atoms with Crippen molar-refractivity contribution in [3.05, 3.63) is 64.7 Å². The normalized spacial score (nSPS) is 11.5. The number of carbonyl (C=O) groups is 2. The highest BCUT2D eigenvalue weighted by atomic mass is 35.5. The van der Waals surface area contributed by atoms with E-state index < -0.39 is 0 Å². The number of nitriles is 1. The van der Waals surface area contributed by atoms with Crippen molar-refractivity contribution in [2.75, 3.05) is 18.5 Å². The highest BCUT2D eigenvalue weighted by Crippen LogP contribution is 2.26. The lowest BCUT2D eigenvalue weighted by Crippen LogP contribution is -2.33. The van der Waals surface area contributed by atoms with Gasteiger partial charge < -0.3 is 10.2 Å². The molecule has 0 saturated carbocycles. The smallest absolute Gasteiger partial charge is 0.228 e. The third kappa shape index (κ3) is 5.65. The zero-order valence-corrected chi connectivity index (χ0v) is 16.2. The lowest BCUT2D eigenvalue weighted by molar-refractivity contribution is -0.118. The van der Waals surface area contributed by atoms with Crippen molar-refractivity contribution in [1.29, 1.82) is 5.26 Å². The molecular weight excluding hydrogens is 362 g/mol. The van der Waals surface area contributed by atoms with Crippen LogP contribution in [0.25, 0.3) is 0 Å². The predicted octanol–water partition coefficient (Wildman–Crippen LogP) is 3.82. The Bertz CT molecular complexity index is 846. The van der Waals surface area contributed by atoms with E-state index in [2.05, 4.69) is 11.4 Å². The third-order valence-electron chi connectivity index (χ3n) is 4.20. The second-order valence-corrected chi connectivity index (χ2v) is 6.71. The van der Waals surface area contributed by atoms with E-state index in [1.54, 1.807) is 49.5 Å². The van der Waals surface area contributed by atoms with Gasteiger partial charge >= 0.3 is 0 Å². The van der Waals surface area contributed by atoms with Crippen molar-refractivity contribution in [3.8, 4) is 6.07 Å². The molecule has 0 heterocycles. The van der Waals surface area contributed by atoms with Crippen molar-refractivity contribution in [1.82, 2.24) is 5.32 Å². The van der Waals surface area contributed by atoms with Crippen LogP contribution in [0.2, 0.25) is 5.02 Å². The molecule has 0 spiro atoms. The summed E-state index contributed by atoms with van der Waals surface area (Å²) in [5.41, 5.74) is 1.44. The molecule has 1 atom stereocenters. The largest absolute Gasteiger partial charge is 0.315 e. The molecule has 1 amide bonds. The first-order valence-corrected chi connectivity index (χ1v) is 9.08. The number of ketones is 1. The average molecular weight is 384 g/mol. The van der Waals surface area contributed by atoms with Crippen LogP contribution in [0.15, 0.2) is 48.5 Å². The van der Waals surface area contributed by atoms with Gasteiger partial charge in [0.15, 0.2) is 5.78 Å². The van der Waals surface area contributed by atoms with Gasteiger partial charge in [0.25, 0.3) is 0 Å². The number of hydrogen-bond acceptors (Lipinski definition) is 4. The summed E-state index contributed by atoms with van der Waals surface area (Å²) in [6, 6.07) is 15.9. The van der Waals surface area contributed by atoms with Crippen LogP contribution in [-0.2, 0) is 4.79 Å². The standard InChI is InChI=1S/C21H22ClN3O2/c1-15(10-12-23)24-13-11-20(26)25(2)19-9-8-17(22)14-18(19)21(27)16-6-4-3-5-7-16/h3-9,14-15,24H,10-11,13H2,1-2H3. The molecule has 0 bridgehead atoms. The van der Waals surface area contributed by atoms with E-state index in [0.29, 0.717) is 34.8 Å². The van der Waals surface area contributed by atoms with Crippen molar-refractivity contribution >= 4 is 29.0 Å². The molecule has 0 aliphatic carbocycles. The number of benzene rings is 2. The van der Waals surface area contributed by atoms with Crippen molar-refractivity contribution < 1.29 is 9.59 Å². The van der Waals surface area contributed by atoms with E-state index in [1.807, 2.05) is 13.0 Å². The third-order valence-corrected chi connectivity index (χ3v) is 4.44. The van der Waals surface area contributed by atoms with E-state index in [4.69, 9.17) is 16.9 Å². The van der Waals surface area contributed by atoms with E-state index in [0.717, 1.165) is 0 Å². The molecule has 0 aromatic heterocycles. The maximum absolute atomic E-state index is 12.9. The first-order chi connectivity index (χ1) is 12.9. The maximum atomic E-state index is 12.9. The van der Waals surface area contributed by atoms with Gasteiger partial charge in [-0.2, -0.15) is 5.26 Å². The second kappa shape index (κ2) is 9.86. The molecule has 0 saturated heterocycles. The lowest BCUT2D eigenvalue weighted by atomic mass is 10.0. The number of rotatable bonds is 8. The van der Waals surface area contributed by atoms with E-state index in [1.165, 1.54) is 4.90 Å². The van der Waals surface area contributed by atoms with Crippen molar-refractivity contribution in [2.45, 2.75) is 25.8 Å². The summed E-state index contributed by atoms with van der Waals surface area (Å²) >= 11 is 6.09. The molecule has 2 aromatic rings. The maximum Gasteiger partial charge on any atom is 0.228 e. The molecule has 2 aromatic carbocycles. The van der Waals surface area contributed by atoms with Crippen LogP contribution in [0.3, 0.4) is 0 Å². The first kappa shape index (κ1) is 20.6. The Morgan fingerprint density at radius 1 is 1.22 bits per heavy atom. The minimum atomic E-state index is -0.187. The van der Waals surface area contributed by atoms with Gasteiger partial charge in [0.05, 0.1) is 18.2 Å². The molecule has 1 unspecified atom stereocenters. The van der Waals surface area contributed by atoms with Gasteiger partial charge in [-0.05, 0) is 25.1 Å². The fourth-order valence-corrected chi connectivity index (χ4v) is 2.84. The summed E-state index contributed by atoms with van der Waals surface area (Å²) in [6.45, 7) is 2.36. The predicted molar refractivity (Wildman–Crippen MR) is 107 cm³/mol. The van der Waals surface area contributed by atoms with E-state index >= 15 is 0 Å². The number of nitrogens with zero attached hydrogens (tertiary/aromatic N) is 2. The van der Waals surface area contributed by atoms with Gasteiger partial charge in [0, 0.05) is 42.2 Å². The Balaban J connectivity index is 2.16. The summed E-state index contributed by atoms with van der Waals surface area (Å²) in [5.74, 6) is -0.315. The minimum Gasteiger partial charge on any atom is -0.315 e. The van der Waals surface area contributed by atoms with Gasteiger partial charge in [-0.25, -0.2) is 0 Å². The van der Waals surface area contributed by atoms with Gasteiger partial charge in [0.1, 0.15) is 0 Å². The van der Waals surface area contributed by atoms with Gasteiger partial charge in [-0.3, -0.25) is 9.59 Å².